The zero-order valence-corrected chi connectivity index (χ0v) is 33.6. The van der Waals surface area contributed by atoms with E-state index in [0.29, 0.717) is 0 Å². The first-order valence-corrected chi connectivity index (χ1v) is 21.0. The standard InChI is InChI=1S/C60H41N/c1-4-15-42(16-5-1)52-40-58(45-18-6-2-7-19-45)60(59(41-52)46-20-8-3-9-21-46)51-24-14-25-54(39-51)61(55-35-36-57-50(38-55)30-28-47-22-12-13-26-56(47)57)53-33-31-44(32-34-53)49-29-27-43-17-10-11-23-48(43)37-49/h1-41H. The molecule has 0 saturated carbocycles. The minimum absolute atomic E-state index is 1.08. The lowest BCUT2D eigenvalue weighted by molar-refractivity contribution is 1.29. The quantitative estimate of drug-likeness (QED) is 0.139. The summed E-state index contributed by atoms with van der Waals surface area (Å²) in [5, 5.41) is 7.46. The van der Waals surface area contributed by atoms with E-state index >= 15 is 0 Å². The first kappa shape index (κ1) is 36.1. The Labute approximate surface area is 357 Å². The molecule has 0 aliphatic carbocycles. The highest BCUT2D eigenvalue weighted by molar-refractivity contribution is 6.09. The molecule has 11 rings (SSSR count). The molecule has 0 unspecified atom stereocenters. The molecule has 11 aromatic rings. The Bertz CT molecular complexity index is 3270. The van der Waals surface area contributed by atoms with E-state index in [1.807, 2.05) is 0 Å². The SMILES string of the molecule is c1ccc(-c2cc(-c3ccccc3)c(-c3cccc(N(c4ccc(-c5ccc6ccccc6c5)cc4)c4ccc5c(ccc6ccccc65)c4)c3)c(-c3ccccc3)c2)cc1. The monoisotopic (exact) mass is 775 g/mol. The molecule has 0 heterocycles. The van der Waals surface area contributed by atoms with E-state index in [9.17, 15) is 0 Å². The molecular weight excluding hydrogens is 735 g/mol. The number of anilines is 3. The molecule has 286 valence electrons. The van der Waals surface area contributed by atoms with Gasteiger partial charge in [-0.2, -0.15) is 0 Å². The van der Waals surface area contributed by atoms with Crippen molar-refractivity contribution >= 4 is 49.4 Å². The first-order valence-electron chi connectivity index (χ1n) is 21.0. The van der Waals surface area contributed by atoms with Crippen molar-refractivity contribution in [2.75, 3.05) is 4.90 Å². The van der Waals surface area contributed by atoms with Crippen LogP contribution in [0.25, 0.3) is 88.0 Å². The van der Waals surface area contributed by atoms with E-state index in [2.05, 4.69) is 254 Å². The van der Waals surface area contributed by atoms with E-state index in [0.717, 1.165) is 22.6 Å². The lowest BCUT2D eigenvalue weighted by atomic mass is 9.84. The van der Waals surface area contributed by atoms with Crippen molar-refractivity contribution in [1.82, 2.24) is 0 Å². The zero-order valence-electron chi connectivity index (χ0n) is 33.6. The number of hydrogen-bond acceptors (Lipinski definition) is 1. The fourth-order valence-corrected chi connectivity index (χ4v) is 9.00. The molecule has 0 radical (unpaired) electrons. The van der Waals surface area contributed by atoms with Gasteiger partial charge >= 0.3 is 0 Å². The first-order chi connectivity index (χ1) is 30.2. The maximum atomic E-state index is 2.41. The van der Waals surface area contributed by atoms with Gasteiger partial charge in [-0.05, 0) is 143 Å². The average molecular weight is 776 g/mol. The van der Waals surface area contributed by atoms with Crippen molar-refractivity contribution in [2.24, 2.45) is 0 Å². The lowest BCUT2D eigenvalue weighted by Crippen LogP contribution is -2.10. The number of nitrogens with zero attached hydrogens (tertiary/aromatic N) is 1. The topological polar surface area (TPSA) is 3.24 Å². The predicted octanol–water partition coefficient (Wildman–Crippen LogP) is 17.0. The molecule has 0 fully saturated rings. The van der Waals surface area contributed by atoms with Crippen LogP contribution in [0.2, 0.25) is 0 Å². The van der Waals surface area contributed by atoms with Crippen molar-refractivity contribution in [1.29, 1.82) is 0 Å². The van der Waals surface area contributed by atoms with Crippen molar-refractivity contribution in [2.45, 2.75) is 0 Å². The largest absolute Gasteiger partial charge is 0.310 e. The van der Waals surface area contributed by atoms with Gasteiger partial charge in [-0.15, -0.1) is 0 Å². The van der Waals surface area contributed by atoms with Crippen LogP contribution in [0.4, 0.5) is 17.1 Å². The summed E-state index contributed by atoms with van der Waals surface area (Å²) in [6.45, 7) is 0. The van der Waals surface area contributed by atoms with Gasteiger partial charge in [0, 0.05) is 17.1 Å². The predicted molar refractivity (Wildman–Crippen MR) is 261 cm³/mol. The molecule has 11 aromatic carbocycles. The number of hydrogen-bond donors (Lipinski definition) is 0. The van der Waals surface area contributed by atoms with E-state index in [1.165, 1.54) is 82.4 Å². The van der Waals surface area contributed by atoms with E-state index in [4.69, 9.17) is 0 Å². The van der Waals surface area contributed by atoms with Crippen molar-refractivity contribution in [3.8, 4) is 55.6 Å². The molecule has 1 nitrogen and oxygen atoms in total. The normalized spacial score (nSPS) is 11.3. The second-order valence-electron chi connectivity index (χ2n) is 15.7. The van der Waals surface area contributed by atoms with Gasteiger partial charge in [0.15, 0.2) is 0 Å². The van der Waals surface area contributed by atoms with Gasteiger partial charge in [-0.3, -0.25) is 0 Å². The minimum atomic E-state index is 1.08. The minimum Gasteiger partial charge on any atom is -0.310 e. The van der Waals surface area contributed by atoms with Gasteiger partial charge in [-0.25, -0.2) is 0 Å². The number of benzene rings is 11. The van der Waals surface area contributed by atoms with Gasteiger partial charge in [0.05, 0.1) is 0 Å². The van der Waals surface area contributed by atoms with Crippen LogP contribution >= 0.6 is 0 Å². The maximum absolute atomic E-state index is 2.41. The summed E-state index contributed by atoms with van der Waals surface area (Å²) in [4.78, 5) is 2.41. The second-order valence-corrected chi connectivity index (χ2v) is 15.7. The summed E-state index contributed by atoms with van der Waals surface area (Å²) in [6.07, 6.45) is 0. The van der Waals surface area contributed by atoms with Crippen LogP contribution in [0.3, 0.4) is 0 Å². The third-order valence-corrected chi connectivity index (χ3v) is 12.0. The molecule has 0 saturated heterocycles. The summed E-state index contributed by atoms with van der Waals surface area (Å²) in [6, 6.07) is 90.6. The Hall–Kier alpha value is -8.00. The molecule has 61 heavy (non-hydrogen) atoms. The zero-order chi connectivity index (χ0) is 40.5. The Morgan fingerprint density at radius 1 is 0.213 bits per heavy atom. The fraction of sp³-hybridized carbons (Fsp3) is 0. The smallest absolute Gasteiger partial charge is 0.0468 e. The summed E-state index contributed by atoms with van der Waals surface area (Å²) in [5.74, 6) is 0. The molecule has 0 N–H and O–H groups in total. The van der Waals surface area contributed by atoms with Crippen molar-refractivity contribution in [3.05, 3.63) is 249 Å². The van der Waals surface area contributed by atoms with Crippen LogP contribution in [0.15, 0.2) is 249 Å². The van der Waals surface area contributed by atoms with Crippen LogP contribution < -0.4 is 4.90 Å². The Kier molecular flexibility index (Phi) is 9.26. The number of fused-ring (bicyclic) bond motifs is 4. The molecule has 0 amide bonds. The van der Waals surface area contributed by atoms with Gasteiger partial charge in [0.2, 0.25) is 0 Å². The molecule has 0 atom stereocenters. The Balaban J connectivity index is 1.11. The molecule has 0 spiro atoms. The van der Waals surface area contributed by atoms with Gasteiger partial charge in [0.1, 0.15) is 0 Å². The van der Waals surface area contributed by atoms with Crippen molar-refractivity contribution < 1.29 is 0 Å². The summed E-state index contributed by atoms with van der Waals surface area (Å²) in [5.41, 5.74) is 15.2. The third-order valence-electron chi connectivity index (χ3n) is 12.0. The molecule has 0 bridgehead atoms. The maximum Gasteiger partial charge on any atom is 0.0468 e. The van der Waals surface area contributed by atoms with E-state index < -0.39 is 0 Å². The molecule has 0 aliphatic heterocycles. The highest BCUT2D eigenvalue weighted by Gasteiger charge is 2.20. The Morgan fingerprint density at radius 2 is 0.705 bits per heavy atom. The molecule has 1 heteroatoms. The van der Waals surface area contributed by atoms with E-state index in [1.54, 1.807) is 0 Å². The van der Waals surface area contributed by atoms with Crippen LogP contribution in [-0.2, 0) is 0 Å². The Morgan fingerprint density at radius 3 is 1.41 bits per heavy atom. The second kappa shape index (κ2) is 15.6. The van der Waals surface area contributed by atoms with Crippen LogP contribution in [0.5, 0.6) is 0 Å². The van der Waals surface area contributed by atoms with Crippen LogP contribution in [0, 0.1) is 0 Å². The highest BCUT2D eigenvalue weighted by Crippen LogP contribution is 2.46. The number of rotatable bonds is 8. The highest BCUT2D eigenvalue weighted by atomic mass is 15.1. The van der Waals surface area contributed by atoms with Crippen molar-refractivity contribution in [3.63, 3.8) is 0 Å². The molecular formula is C60H41N. The van der Waals surface area contributed by atoms with Crippen LogP contribution in [0.1, 0.15) is 0 Å². The average Bonchev–Trinajstić information content (AvgIpc) is 3.34. The summed E-state index contributed by atoms with van der Waals surface area (Å²) < 4.78 is 0. The summed E-state index contributed by atoms with van der Waals surface area (Å²) >= 11 is 0. The van der Waals surface area contributed by atoms with E-state index in [-0.39, 0.29) is 0 Å². The summed E-state index contributed by atoms with van der Waals surface area (Å²) in [7, 11) is 0. The third kappa shape index (κ3) is 6.93. The lowest BCUT2D eigenvalue weighted by Gasteiger charge is -2.27. The van der Waals surface area contributed by atoms with Gasteiger partial charge in [-0.1, -0.05) is 194 Å². The van der Waals surface area contributed by atoms with Crippen LogP contribution in [-0.4, -0.2) is 0 Å². The van der Waals surface area contributed by atoms with Gasteiger partial charge in [0.25, 0.3) is 0 Å². The fourth-order valence-electron chi connectivity index (χ4n) is 9.00. The molecule has 0 aliphatic rings. The molecule has 0 aromatic heterocycles. The van der Waals surface area contributed by atoms with Gasteiger partial charge < -0.3 is 4.90 Å².